The summed E-state index contributed by atoms with van der Waals surface area (Å²) in [6.07, 6.45) is 3.83. The fraction of sp³-hybridized carbons (Fsp3) is 0.400. The molecule has 7 heteroatoms. The molecule has 5 nitrogen and oxygen atoms in total. The summed E-state index contributed by atoms with van der Waals surface area (Å²) >= 11 is 4.83. The number of piperidine rings is 1. The predicted molar refractivity (Wildman–Crippen MR) is 91.1 cm³/mol. The van der Waals surface area contributed by atoms with Gasteiger partial charge in [0.2, 0.25) is 5.13 Å². The van der Waals surface area contributed by atoms with Crippen molar-refractivity contribution in [3.05, 3.63) is 39.3 Å². The normalized spacial score (nSPS) is 15.7. The van der Waals surface area contributed by atoms with Crippen molar-refractivity contribution in [2.24, 2.45) is 0 Å². The van der Waals surface area contributed by atoms with Crippen LogP contribution in [-0.2, 0) is 6.54 Å². The Bertz CT molecular complexity index is 654. The van der Waals surface area contributed by atoms with E-state index in [0.29, 0.717) is 10.7 Å². The molecule has 1 fully saturated rings. The van der Waals surface area contributed by atoms with E-state index < -0.39 is 0 Å². The fourth-order valence-electron chi connectivity index (χ4n) is 2.49. The Morgan fingerprint density at radius 1 is 1.23 bits per heavy atom. The Morgan fingerprint density at radius 3 is 2.77 bits per heavy atom. The van der Waals surface area contributed by atoms with Crippen molar-refractivity contribution in [2.45, 2.75) is 25.8 Å². The summed E-state index contributed by atoms with van der Waals surface area (Å²) < 4.78 is 0.769. The largest absolute Gasteiger partial charge is 0.297 e. The van der Waals surface area contributed by atoms with Crippen molar-refractivity contribution in [1.82, 2.24) is 15.1 Å². The highest BCUT2D eigenvalue weighted by atomic mass is 79.9. The number of nitrogens with one attached hydrogen (secondary N) is 1. The number of amides is 1. The molecule has 0 radical (unpaired) electrons. The van der Waals surface area contributed by atoms with Crippen LogP contribution in [0.1, 0.15) is 34.6 Å². The average molecular weight is 381 g/mol. The van der Waals surface area contributed by atoms with Gasteiger partial charge in [0, 0.05) is 4.47 Å². The van der Waals surface area contributed by atoms with E-state index in [1.807, 2.05) is 18.2 Å². The second kappa shape index (κ2) is 7.30. The minimum absolute atomic E-state index is 0.173. The van der Waals surface area contributed by atoms with Gasteiger partial charge in [-0.1, -0.05) is 29.9 Å². The molecule has 1 aliphatic rings. The van der Waals surface area contributed by atoms with Crippen LogP contribution >= 0.6 is 27.3 Å². The van der Waals surface area contributed by atoms with Crippen molar-refractivity contribution in [3.8, 4) is 0 Å². The molecule has 0 saturated carbocycles. The molecular formula is C15H17BrN4OS. The maximum atomic E-state index is 12.2. The molecule has 1 aliphatic heterocycles. The van der Waals surface area contributed by atoms with E-state index in [1.54, 1.807) is 6.07 Å². The van der Waals surface area contributed by atoms with Crippen LogP contribution in [0.3, 0.4) is 0 Å². The van der Waals surface area contributed by atoms with E-state index in [2.05, 4.69) is 36.3 Å². The Kier molecular flexibility index (Phi) is 5.17. The Balaban J connectivity index is 1.61. The number of aromatic nitrogens is 2. The van der Waals surface area contributed by atoms with E-state index in [1.165, 1.54) is 30.6 Å². The molecule has 2 aromatic rings. The number of likely N-dealkylation sites (tertiary alicyclic amines) is 1. The summed E-state index contributed by atoms with van der Waals surface area (Å²) in [4.78, 5) is 14.6. The summed E-state index contributed by atoms with van der Waals surface area (Å²) in [5.74, 6) is -0.173. The number of halogens is 1. The maximum Gasteiger partial charge on any atom is 0.258 e. The van der Waals surface area contributed by atoms with Gasteiger partial charge in [0.15, 0.2) is 0 Å². The molecule has 1 saturated heterocycles. The van der Waals surface area contributed by atoms with Crippen LogP contribution < -0.4 is 5.32 Å². The zero-order valence-corrected chi connectivity index (χ0v) is 14.5. The van der Waals surface area contributed by atoms with Crippen LogP contribution in [-0.4, -0.2) is 34.1 Å². The topological polar surface area (TPSA) is 58.1 Å². The molecule has 1 N–H and O–H groups in total. The van der Waals surface area contributed by atoms with Crippen molar-refractivity contribution >= 4 is 38.3 Å². The molecule has 0 aliphatic carbocycles. The summed E-state index contributed by atoms with van der Waals surface area (Å²) in [5.41, 5.74) is 0.593. The van der Waals surface area contributed by atoms with Gasteiger partial charge in [-0.2, -0.15) is 0 Å². The van der Waals surface area contributed by atoms with E-state index in [0.717, 1.165) is 29.1 Å². The van der Waals surface area contributed by atoms with Gasteiger partial charge in [-0.05, 0) is 54.0 Å². The molecule has 3 rings (SSSR count). The SMILES string of the molecule is O=C(Nc1nnc(CN2CCCCC2)s1)c1ccccc1Br. The van der Waals surface area contributed by atoms with Crippen molar-refractivity contribution in [2.75, 3.05) is 18.4 Å². The van der Waals surface area contributed by atoms with Gasteiger partial charge in [0.1, 0.15) is 5.01 Å². The average Bonchev–Trinajstić information content (AvgIpc) is 2.95. The molecule has 0 atom stereocenters. The molecule has 0 bridgehead atoms. The lowest BCUT2D eigenvalue weighted by Gasteiger charge is -2.24. The lowest BCUT2D eigenvalue weighted by molar-refractivity contribution is 0.102. The Hall–Kier alpha value is -1.31. The number of hydrogen-bond donors (Lipinski definition) is 1. The predicted octanol–water partition coefficient (Wildman–Crippen LogP) is 3.54. The number of carbonyl (C=O) groups is 1. The number of rotatable bonds is 4. The first-order valence-electron chi connectivity index (χ1n) is 7.33. The second-order valence-electron chi connectivity index (χ2n) is 5.27. The molecular weight excluding hydrogens is 364 g/mol. The minimum atomic E-state index is -0.173. The van der Waals surface area contributed by atoms with Crippen molar-refractivity contribution < 1.29 is 4.79 Å². The van der Waals surface area contributed by atoms with Crippen LogP contribution in [0.4, 0.5) is 5.13 Å². The van der Waals surface area contributed by atoms with Gasteiger partial charge in [-0.25, -0.2) is 0 Å². The molecule has 1 aromatic carbocycles. The Labute approximate surface area is 141 Å². The lowest BCUT2D eigenvalue weighted by atomic mass is 10.1. The number of nitrogens with zero attached hydrogens (tertiary/aromatic N) is 3. The molecule has 22 heavy (non-hydrogen) atoms. The first kappa shape index (κ1) is 15.6. The van der Waals surface area contributed by atoms with Crippen LogP contribution in [0.15, 0.2) is 28.7 Å². The number of benzene rings is 1. The van der Waals surface area contributed by atoms with Gasteiger partial charge in [-0.3, -0.25) is 15.0 Å². The molecule has 2 heterocycles. The van der Waals surface area contributed by atoms with E-state index >= 15 is 0 Å². The zero-order chi connectivity index (χ0) is 15.4. The van der Waals surface area contributed by atoms with Crippen molar-refractivity contribution in [1.29, 1.82) is 0 Å². The van der Waals surface area contributed by atoms with Gasteiger partial charge in [0.05, 0.1) is 12.1 Å². The highest BCUT2D eigenvalue weighted by molar-refractivity contribution is 9.10. The third-order valence-electron chi connectivity index (χ3n) is 3.61. The molecule has 1 amide bonds. The van der Waals surface area contributed by atoms with Gasteiger partial charge >= 0.3 is 0 Å². The third-order valence-corrected chi connectivity index (χ3v) is 5.13. The summed E-state index contributed by atoms with van der Waals surface area (Å²) in [6.45, 7) is 3.07. The van der Waals surface area contributed by atoms with Gasteiger partial charge in [0.25, 0.3) is 5.91 Å². The summed E-state index contributed by atoms with van der Waals surface area (Å²) in [6, 6.07) is 7.33. The fourth-order valence-corrected chi connectivity index (χ4v) is 3.73. The van der Waals surface area contributed by atoms with E-state index in [4.69, 9.17) is 0 Å². The van der Waals surface area contributed by atoms with Crippen LogP contribution in [0.2, 0.25) is 0 Å². The first-order valence-corrected chi connectivity index (χ1v) is 8.94. The number of hydrogen-bond acceptors (Lipinski definition) is 5. The molecule has 0 spiro atoms. The lowest BCUT2D eigenvalue weighted by Crippen LogP contribution is -2.28. The quantitative estimate of drug-likeness (QED) is 0.880. The standard InChI is InChI=1S/C15H17BrN4OS/c16-12-7-3-2-6-11(12)14(21)17-15-19-18-13(22-15)10-20-8-4-1-5-9-20/h2-3,6-7H,1,4-5,8-10H2,(H,17,19,21). The minimum Gasteiger partial charge on any atom is -0.297 e. The van der Waals surface area contributed by atoms with Crippen molar-refractivity contribution in [3.63, 3.8) is 0 Å². The van der Waals surface area contributed by atoms with Gasteiger partial charge in [-0.15, -0.1) is 10.2 Å². The first-order chi connectivity index (χ1) is 10.7. The smallest absolute Gasteiger partial charge is 0.258 e. The summed E-state index contributed by atoms with van der Waals surface area (Å²) in [5, 5.41) is 12.6. The third kappa shape index (κ3) is 3.91. The molecule has 0 unspecified atom stereocenters. The summed E-state index contributed by atoms with van der Waals surface area (Å²) in [7, 11) is 0. The monoisotopic (exact) mass is 380 g/mol. The second-order valence-corrected chi connectivity index (χ2v) is 7.19. The van der Waals surface area contributed by atoms with Crippen LogP contribution in [0.5, 0.6) is 0 Å². The Morgan fingerprint density at radius 2 is 2.00 bits per heavy atom. The van der Waals surface area contributed by atoms with E-state index in [-0.39, 0.29) is 5.91 Å². The van der Waals surface area contributed by atoms with Crippen LogP contribution in [0, 0.1) is 0 Å². The highest BCUT2D eigenvalue weighted by Crippen LogP contribution is 2.21. The van der Waals surface area contributed by atoms with E-state index in [9.17, 15) is 4.79 Å². The molecule has 1 aromatic heterocycles. The van der Waals surface area contributed by atoms with Gasteiger partial charge < -0.3 is 0 Å². The zero-order valence-electron chi connectivity index (χ0n) is 12.1. The number of anilines is 1. The highest BCUT2D eigenvalue weighted by Gasteiger charge is 2.15. The van der Waals surface area contributed by atoms with Crippen LogP contribution in [0.25, 0.3) is 0 Å². The maximum absolute atomic E-state index is 12.2. The number of carbonyl (C=O) groups excluding carboxylic acids is 1. The molecule has 116 valence electrons.